The molecule has 5 rings (SSSR count). The SMILES string of the molecule is Cc1cc(CN2CCN(C3COC3)CC2)cc(Nc2ncn(-c3ccc(F)c(F)c3)n2)c1.[HH]. The lowest BCUT2D eigenvalue weighted by atomic mass is 10.1. The van der Waals surface area contributed by atoms with Gasteiger partial charge in [-0.25, -0.2) is 13.5 Å². The molecule has 1 aromatic heterocycles. The minimum atomic E-state index is -0.919. The van der Waals surface area contributed by atoms with E-state index in [4.69, 9.17) is 4.74 Å². The molecule has 9 heteroatoms. The molecule has 32 heavy (non-hydrogen) atoms. The van der Waals surface area contributed by atoms with Crippen LogP contribution in [0.1, 0.15) is 12.6 Å². The van der Waals surface area contributed by atoms with Gasteiger partial charge in [-0.3, -0.25) is 9.80 Å². The summed E-state index contributed by atoms with van der Waals surface area (Å²) in [6, 6.07) is 10.6. The second-order valence-electron chi connectivity index (χ2n) is 8.45. The fraction of sp³-hybridized carbons (Fsp3) is 0.391. The Bertz CT molecular complexity index is 1100. The highest BCUT2D eigenvalue weighted by molar-refractivity contribution is 5.56. The third kappa shape index (κ3) is 4.64. The summed E-state index contributed by atoms with van der Waals surface area (Å²) >= 11 is 0. The zero-order chi connectivity index (χ0) is 22.1. The van der Waals surface area contributed by atoms with E-state index >= 15 is 0 Å². The van der Waals surface area contributed by atoms with Crippen molar-refractivity contribution in [3.63, 3.8) is 0 Å². The average Bonchev–Trinajstić information content (AvgIpc) is 3.18. The molecule has 0 aliphatic carbocycles. The molecule has 2 aromatic carbocycles. The van der Waals surface area contributed by atoms with Crippen molar-refractivity contribution < 1.29 is 14.9 Å². The molecule has 0 radical (unpaired) electrons. The summed E-state index contributed by atoms with van der Waals surface area (Å²) in [5, 5.41) is 7.56. The fourth-order valence-corrected chi connectivity index (χ4v) is 4.21. The molecule has 2 aliphatic rings. The van der Waals surface area contributed by atoms with Crippen LogP contribution in [-0.2, 0) is 11.3 Å². The van der Waals surface area contributed by atoms with Gasteiger partial charge in [0, 0.05) is 45.9 Å². The van der Waals surface area contributed by atoms with Gasteiger partial charge in [0.1, 0.15) is 6.33 Å². The van der Waals surface area contributed by atoms with E-state index in [0.717, 1.165) is 69.3 Å². The zero-order valence-corrected chi connectivity index (χ0v) is 18.0. The van der Waals surface area contributed by atoms with Crippen LogP contribution >= 0.6 is 0 Å². The Hall–Kier alpha value is -2.88. The van der Waals surface area contributed by atoms with Gasteiger partial charge in [0.15, 0.2) is 11.6 Å². The number of hydrogen-bond acceptors (Lipinski definition) is 6. The molecule has 7 nitrogen and oxygen atoms in total. The van der Waals surface area contributed by atoms with Crippen LogP contribution in [0.3, 0.4) is 0 Å². The molecule has 0 bridgehead atoms. The van der Waals surface area contributed by atoms with Gasteiger partial charge in [0.2, 0.25) is 5.95 Å². The largest absolute Gasteiger partial charge is 0.378 e. The average molecular weight is 443 g/mol. The highest BCUT2D eigenvalue weighted by Crippen LogP contribution is 2.21. The standard InChI is InChI=1S/C23H26F2N6O.H2/c1-16-8-17(12-29-4-6-30(7-5-29)20-13-32-14-20)10-18(9-16)27-23-26-15-31(28-23)19-2-3-21(24)22(25)11-19;/h2-3,8-11,15,20H,4-7,12-14H2,1H3,(H,27,28);1H. The number of halogens is 2. The van der Waals surface area contributed by atoms with Crippen molar-refractivity contribution >= 4 is 11.6 Å². The van der Waals surface area contributed by atoms with Crippen LogP contribution in [0, 0.1) is 18.6 Å². The van der Waals surface area contributed by atoms with E-state index in [-0.39, 0.29) is 1.43 Å². The van der Waals surface area contributed by atoms with Crippen LogP contribution in [0.2, 0.25) is 0 Å². The van der Waals surface area contributed by atoms with Crippen LogP contribution in [0.5, 0.6) is 0 Å². The first-order valence-electron chi connectivity index (χ1n) is 10.8. The number of ether oxygens (including phenoxy) is 1. The quantitative estimate of drug-likeness (QED) is 0.632. The molecule has 0 atom stereocenters. The molecule has 2 fully saturated rings. The normalized spacial score (nSPS) is 18.0. The van der Waals surface area contributed by atoms with Crippen LogP contribution in [-0.4, -0.2) is 70.0 Å². The molecule has 0 amide bonds. The Kier molecular flexibility index (Phi) is 5.86. The lowest BCUT2D eigenvalue weighted by Crippen LogP contribution is -2.56. The Labute approximate surface area is 187 Å². The van der Waals surface area contributed by atoms with Gasteiger partial charge in [0.05, 0.1) is 24.9 Å². The monoisotopic (exact) mass is 442 g/mol. The van der Waals surface area contributed by atoms with Crippen molar-refractivity contribution in [1.82, 2.24) is 24.6 Å². The maximum atomic E-state index is 13.5. The van der Waals surface area contributed by atoms with E-state index in [1.165, 1.54) is 22.6 Å². The predicted molar refractivity (Wildman–Crippen MR) is 119 cm³/mol. The van der Waals surface area contributed by atoms with Gasteiger partial charge < -0.3 is 10.1 Å². The minimum absolute atomic E-state index is 0. The molecular formula is C23H28F2N6O. The van der Waals surface area contributed by atoms with Crippen LogP contribution in [0.15, 0.2) is 42.7 Å². The van der Waals surface area contributed by atoms with Gasteiger partial charge in [-0.05, 0) is 42.3 Å². The molecule has 3 aromatic rings. The first kappa shape index (κ1) is 21.0. The van der Waals surface area contributed by atoms with Crippen LogP contribution < -0.4 is 5.32 Å². The first-order valence-corrected chi connectivity index (χ1v) is 10.8. The Balaban J connectivity index is 0.00000259. The zero-order valence-electron chi connectivity index (χ0n) is 18.0. The van der Waals surface area contributed by atoms with E-state index in [1.807, 2.05) is 6.07 Å². The molecule has 0 unspecified atom stereocenters. The Morgan fingerprint density at radius 2 is 1.88 bits per heavy atom. The van der Waals surface area contributed by atoms with Crippen LogP contribution in [0.4, 0.5) is 20.4 Å². The van der Waals surface area contributed by atoms with Gasteiger partial charge in [0.25, 0.3) is 0 Å². The molecule has 0 saturated carbocycles. The van der Waals surface area contributed by atoms with E-state index in [2.05, 4.69) is 44.3 Å². The lowest BCUT2D eigenvalue weighted by molar-refractivity contribution is -0.0774. The summed E-state index contributed by atoms with van der Waals surface area (Å²) in [6.45, 7) is 8.95. The van der Waals surface area contributed by atoms with Crippen LogP contribution in [0.25, 0.3) is 5.69 Å². The van der Waals surface area contributed by atoms with E-state index in [9.17, 15) is 8.78 Å². The molecular weight excluding hydrogens is 414 g/mol. The number of hydrogen-bond donors (Lipinski definition) is 1. The second kappa shape index (κ2) is 8.93. The first-order chi connectivity index (χ1) is 15.5. The van der Waals surface area contributed by atoms with E-state index < -0.39 is 11.6 Å². The number of aryl methyl sites for hydroxylation is 1. The number of rotatable bonds is 6. The molecule has 170 valence electrons. The summed E-state index contributed by atoms with van der Waals surface area (Å²) in [5.74, 6) is -1.42. The number of piperazine rings is 1. The van der Waals surface area contributed by atoms with Gasteiger partial charge >= 0.3 is 0 Å². The van der Waals surface area contributed by atoms with Crippen molar-refractivity contribution in [1.29, 1.82) is 0 Å². The number of anilines is 2. The predicted octanol–water partition coefficient (Wildman–Crippen LogP) is 3.36. The maximum absolute atomic E-state index is 13.5. The minimum Gasteiger partial charge on any atom is -0.378 e. The number of benzene rings is 2. The Morgan fingerprint density at radius 1 is 1.06 bits per heavy atom. The van der Waals surface area contributed by atoms with E-state index in [0.29, 0.717) is 17.7 Å². The van der Waals surface area contributed by atoms with Crippen molar-refractivity contribution in [3.8, 4) is 5.69 Å². The molecule has 1 N–H and O–H groups in total. The molecule has 3 heterocycles. The fourth-order valence-electron chi connectivity index (χ4n) is 4.21. The highest BCUT2D eigenvalue weighted by atomic mass is 19.2. The second-order valence-corrected chi connectivity index (χ2v) is 8.45. The summed E-state index contributed by atoms with van der Waals surface area (Å²) in [6.07, 6.45) is 1.47. The third-order valence-electron chi connectivity index (χ3n) is 6.00. The lowest BCUT2D eigenvalue weighted by Gasteiger charge is -2.42. The molecule has 0 spiro atoms. The summed E-state index contributed by atoms with van der Waals surface area (Å²) in [4.78, 5) is 9.25. The van der Waals surface area contributed by atoms with Crippen molar-refractivity contribution in [2.45, 2.75) is 19.5 Å². The maximum Gasteiger partial charge on any atom is 0.246 e. The molecule has 2 aliphatic heterocycles. The van der Waals surface area contributed by atoms with Gasteiger partial charge in [-0.2, -0.15) is 4.98 Å². The van der Waals surface area contributed by atoms with Crippen molar-refractivity contribution in [2.24, 2.45) is 0 Å². The smallest absolute Gasteiger partial charge is 0.246 e. The number of nitrogens with one attached hydrogen (secondary N) is 1. The van der Waals surface area contributed by atoms with Gasteiger partial charge in [-0.1, -0.05) is 6.07 Å². The summed E-state index contributed by atoms with van der Waals surface area (Å²) in [7, 11) is 0. The number of aromatic nitrogens is 3. The highest BCUT2D eigenvalue weighted by Gasteiger charge is 2.28. The molecule has 2 saturated heterocycles. The summed E-state index contributed by atoms with van der Waals surface area (Å²) < 4.78 is 33.4. The topological polar surface area (TPSA) is 58.5 Å². The number of nitrogens with zero attached hydrogens (tertiary/aromatic N) is 5. The van der Waals surface area contributed by atoms with Crippen molar-refractivity contribution in [3.05, 3.63) is 65.5 Å². The van der Waals surface area contributed by atoms with Gasteiger partial charge in [-0.15, -0.1) is 5.10 Å². The van der Waals surface area contributed by atoms with E-state index in [1.54, 1.807) is 0 Å². The van der Waals surface area contributed by atoms with Crippen molar-refractivity contribution in [2.75, 3.05) is 44.7 Å². The summed E-state index contributed by atoms with van der Waals surface area (Å²) in [5.41, 5.74) is 3.68. The third-order valence-corrected chi connectivity index (χ3v) is 6.00. The Morgan fingerprint density at radius 3 is 2.59 bits per heavy atom.